The van der Waals surface area contributed by atoms with Crippen LogP contribution >= 0.6 is 0 Å². The van der Waals surface area contributed by atoms with Gasteiger partial charge in [0, 0.05) is 43.9 Å². The third-order valence-electron chi connectivity index (χ3n) is 11.4. The first-order chi connectivity index (χ1) is 29.2. The zero-order valence-electron chi connectivity index (χ0n) is 32.5. The van der Waals surface area contributed by atoms with Crippen LogP contribution in [0.15, 0.2) is 192 Å². The van der Waals surface area contributed by atoms with Crippen molar-refractivity contribution in [3.05, 3.63) is 194 Å². The Balaban J connectivity index is 1.01. The van der Waals surface area contributed by atoms with E-state index in [0.717, 1.165) is 84.9 Å². The van der Waals surface area contributed by atoms with Gasteiger partial charge in [-0.1, -0.05) is 153 Å². The van der Waals surface area contributed by atoms with Gasteiger partial charge >= 0.3 is 0 Å². The SMILES string of the molecule is CCCc1ccc2c(c1)oc1ccc(-c3ccc4c(c3)c3ccccc3n4-c3cccc(-c4nc(-c5ccccc5)nc(-c5ccc(-c6ccccc6)cc5)n4)c3)cc12. The van der Waals surface area contributed by atoms with Gasteiger partial charge in [0.05, 0.1) is 11.0 Å². The van der Waals surface area contributed by atoms with E-state index in [1.165, 1.54) is 21.9 Å². The first-order valence-electron chi connectivity index (χ1n) is 20.2. The minimum atomic E-state index is 0.620. The predicted molar refractivity (Wildman–Crippen MR) is 243 cm³/mol. The highest BCUT2D eigenvalue weighted by atomic mass is 16.3. The monoisotopic (exact) mass is 758 g/mol. The first kappa shape index (κ1) is 34.6. The molecular formula is C54H38N4O. The summed E-state index contributed by atoms with van der Waals surface area (Å²) in [6.45, 7) is 2.21. The molecule has 0 bridgehead atoms. The smallest absolute Gasteiger partial charge is 0.164 e. The molecule has 0 saturated heterocycles. The summed E-state index contributed by atoms with van der Waals surface area (Å²) in [7, 11) is 0. The van der Waals surface area contributed by atoms with Crippen LogP contribution in [0.4, 0.5) is 0 Å². The van der Waals surface area contributed by atoms with Crippen molar-refractivity contribution in [3.63, 3.8) is 0 Å². The molecule has 0 fully saturated rings. The predicted octanol–water partition coefficient (Wildman–Crippen LogP) is 14.2. The Kier molecular flexibility index (Phi) is 8.44. The fraction of sp³-hybridized carbons (Fsp3) is 0.0556. The van der Waals surface area contributed by atoms with Gasteiger partial charge in [-0.2, -0.15) is 0 Å². The van der Waals surface area contributed by atoms with E-state index >= 15 is 0 Å². The number of furan rings is 1. The largest absolute Gasteiger partial charge is 0.456 e. The van der Waals surface area contributed by atoms with Crippen LogP contribution in [0.2, 0.25) is 0 Å². The van der Waals surface area contributed by atoms with Crippen LogP contribution in [0, 0.1) is 0 Å². The van der Waals surface area contributed by atoms with Gasteiger partial charge in [-0.3, -0.25) is 0 Å². The van der Waals surface area contributed by atoms with Crippen molar-refractivity contribution in [1.82, 2.24) is 19.5 Å². The quantitative estimate of drug-likeness (QED) is 0.155. The molecule has 59 heavy (non-hydrogen) atoms. The van der Waals surface area contributed by atoms with Crippen LogP contribution in [-0.4, -0.2) is 19.5 Å². The zero-order valence-corrected chi connectivity index (χ0v) is 32.5. The van der Waals surface area contributed by atoms with Gasteiger partial charge in [-0.05, 0) is 82.8 Å². The van der Waals surface area contributed by atoms with Crippen LogP contribution in [0.3, 0.4) is 0 Å². The summed E-state index contributed by atoms with van der Waals surface area (Å²) >= 11 is 0. The van der Waals surface area contributed by atoms with Gasteiger partial charge in [0.15, 0.2) is 17.5 Å². The molecule has 0 atom stereocenters. The lowest BCUT2D eigenvalue weighted by Gasteiger charge is -2.12. The number of rotatable bonds is 8. The maximum Gasteiger partial charge on any atom is 0.164 e. The highest BCUT2D eigenvalue weighted by Crippen LogP contribution is 2.38. The van der Waals surface area contributed by atoms with Crippen LogP contribution in [-0.2, 0) is 6.42 Å². The second-order valence-corrected chi connectivity index (χ2v) is 15.1. The Bertz CT molecular complexity index is 3330. The van der Waals surface area contributed by atoms with E-state index in [-0.39, 0.29) is 0 Å². The standard InChI is InChI=1S/C54H38N4O/c1-2-12-35-21-28-45-47-34-41(27-30-50(47)59-51(45)31-35)40-26-29-49-46(33-40)44-19-9-10-20-48(44)58(49)43-18-11-17-42(32-43)54-56-52(38-15-7-4-8-16-38)55-53(57-54)39-24-22-37(23-25-39)36-13-5-3-6-14-36/h3-11,13-34H,2,12H2,1H3. The fourth-order valence-electron chi connectivity index (χ4n) is 8.45. The lowest BCUT2D eigenvalue weighted by Crippen LogP contribution is -2.01. The van der Waals surface area contributed by atoms with Crippen LogP contribution in [0.5, 0.6) is 0 Å². The number of aromatic nitrogens is 4. The van der Waals surface area contributed by atoms with Crippen LogP contribution < -0.4 is 0 Å². The molecule has 3 heterocycles. The van der Waals surface area contributed by atoms with Crippen molar-refractivity contribution < 1.29 is 4.42 Å². The molecule has 0 amide bonds. The molecule has 0 aliphatic heterocycles. The molecule has 5 heteroatoms. The van der Waals surface area contributed by atoms with Crippen molar-refractivity contribution in [2.24, 2.45) is 0 Å². The summed E-state index contributed by atoms with van der Waals surface area (Å²) in [5.41, 5.74) is 13.9. The molecule has 11 aromatic rings. The molecule has 0 unspecified atom stereocenters. The fourth-order valence-corrected chi connectivity index (χ4v) is 8.45. The Morgan fingerprint density at radius 2 is 0.966 bits per heavy atom. The number of aryl methyl sites for hydroxylation is 1. The number of benzene rings is 8. The molecule has 5 nitrogen and oxygen atoms in total. The highest BCUT2D eigenvalue weighted by Gasteiger charge is 2.17. The maximum atomic E-state index is 6.31. The molecule has 3 aromatic heterocycles. The maximum absolute atomic E-state index is 6.31. The number of fused-ring (bicyclic) bond motifs is 6. The number of hydrogen-bond acceptors (Lipinski definition) is 4. The van der Waals surface area contributed by atoms with Gasteiger partial charge in [-0.15, -0.1) is 0 Å². The van der Waals surface area contributed by atoms with Gasteiger partial charge in [-0.25, -0.2) is 15.0 Å². The first-order valence-corrected chi connectivity index (χ1v) is 20.2. The van der Waals surface area contributed by atoms with Gasteiger partial charge < -0.3 is 8.98 Å². The topological polar surface area (TPSA) is 56.7 Å². The normalized spacial score (nSPS) is 11.6. The number of para-hydroxylation sites is 1. The average molecular weight is 759 g/mol. The summed E-state index contributed by atoms with van der Waals surface area (Å²) in [5, 5.41) is 4.68. The molecule has 280 valence electrons. The van der Waals surface area contributed by atoms with Gasteiger partial charge in [0.1, 0.15) is 11.2 Å². The Labute approximate surface area is 341 Å². The third-order valence-corrected chi connectivity index (χ3v) is 11.4. The second kappa shape index (κ2) is 14.4. The number of nitrogens with zero attached hydrogens (tertiary/aromatic N) is 4. The minimum absolute atomic E-state index is 0.620. The summed E-state index contributed by atoms with van der Waals surface area (Å²) in [5.74, 6) is 1.89. The lowest BCUT2D eigenvalue weighted by molar-refractivity contribution is 0.668. The van der Waals surface area contributed by atoms with Crippen molar-refractivity contribution in [3.8, 4) is 62.1 Å². The molecule has 0 aliphatic carbocycles. The van der Waals surface area contributed by atoms with E-state index in [4.69, 9.17) is 19.4 Å². The number of hydrogen-bond donors (Lipinski definition) is 0. The van der Waals surface area contributed by atoms with E-state index in [1.807, 2.05) is 36.4 Å². The van der Waals surface area contributed by atoms with E-state index < -0.39 is 0 Å². The van der Waals surface area contributed by atoms with Crippen molar-refractivity contribution in [2.45, 2.75) is 19.8 Å². The molecule has 0 spiro atoms. The van der Waals surface area contributed by atoms with E-state index in [2.05, 4.69) is 163 Å². The average Bonchev–Trinajstić information content (AvgIpc) is 3.84. The minimum Gasteiger partial charge on any atom is -0.456 e. The lowest BCUT2D eigenvalue weighted by atomic mass is 10.00. The molecule has 0 saturated carbocycles. The van der Waals surface area contributed by atoms with Crippen LogP contribution in [0.25, 0.3) is 106 Å². The molecule has 8 aromatic carbocycles. The van der Waals surface area contributed by atoms with E-state index in [0.29, 0.717) is 17.5 Å². The third kappa shape index (κ3) is 6.25. The molecule has 0 N–H and O–H groups in total. The molecule has 11 rings (SSSR count). The summed E-state index contributed by atoms with van der Waals surface area (Å²) in [6, 6.07) is 66.2. The van der Waals surface area contributed by atoms with Gasteiger partial charge in [0.2, 0.25) is 0 Å². The molecule has 0 aliphatic rings. The summed E-state index contributed by atoms with van der Waals surface area (Å²) < 4.78 is 8.66. The summed E-state index contributed by atoms with van der Waals surface area (Å²) in [4.78, 5) is 15.2. The van der Waals surface area contributed by atoms with Crippen molar-refractivity contribution in [2.75, 3.05) is 0 Å². The second-order valence-electron chi connectivity index (χ2n) is 15.1. The van der Waals surface area contributed by atoms with E-state index in [1.54, 1.807) is 0 Å². The Morgan fingerprint density at radius 3 is 1.73 bits per heavy atom. The molecule has 0 radical (unpaired) electrons. The van der Waals surface area contributed by atoms with Gasteiger partial charge in [0.25, 0.3) is 0 Å². The van der Waals surface area contributed by atoms with Crippen molar-refractivity contribution in [1.29, 1.82) is 0 Å². The van der Waals surface area contributed by atoms with E-state index in [9.17, 15) is 0 Å². The van der Waals surface area contributed by atoms with Crippen molar-refractivity contribution >= 4 is 43.7 Å². The Hall–Kier alpha value is -7.63. The zero-order chi connectivity index (χ0) is 39.3. The summed E-state index contributed by atoms with van der Waals surface area (Å²) in [6.07, 6.45) is 2.16. The molecular weight excluding hydrogens is 721 g/mol. The van der Waals surface area contributed by atoms with Crippen LogP contribution in [0.1, 0.15) is 18.9 Å². The Morgan fingerprint density at radius 1 is 0.390 bits per heavy atom. The highest BCUT2D eigenvalue weighted by molar-refractivity contribution is 6.11.